The Balaban J connectivity index is 0.00000408. The summed E-state index contributed by atoms with van der Waals surface area (Å²) >= 11 is 0. The van der Waals surface area contributed by atoms with Crippen LogP contribution < -0.4 is 11.1 Å². The minimum atomic E-state index is -1.07. The third kappa shape index (κ3) is 8.06. The predicted octanol–water partition coefficient (Wildman–Crippen LogP) is 2.80. The number of carbonyl (C=O) groups excluding carboxylic acids is 1. The third-order valence-corrected chi connectivity index (χ3v) is 4.96. The summed E-state index contributed by atoms with van der Waals surface area (Å²) in [6.07, 6.45) is 0.579. The molecule has 0 aliphatic heterocycles. The number of hydrogen-bond donors (Lipinski definition) is 2. The van der Waals surface area contributed by atoms with E-state index in [2.05, 4.69) is 26.8 Å². The van der Waals surface area contributed by atoms with Crippen molar-refractivity contribution in [2.45, 2.75) is 52.4 Å². The number of rotatable bonds is 11. The molecule has 0 spiro atoms. The van der Waals surface area contributed by atoms with Crippen molar-refractivity contribution in [3.05, 3.63) is 77.6 Å². The van der Waals surface area contributed by atoms with Crippen LogP contribution in [-0.2, 0) is 29.1 Å². The van der Waals surface area contributed by atoms with E-state index in [1.807, 2.05) is 60.7 Å². The predicted molar refractivity (Wildman–Crippen MR) is 129 cm³/mol. The minimum Gasteiger partial charge on any atom is -0.374 e. The van der Waals surface area contributed by atoms with E-state index in [1.165, 1.54) is 4.80 Å². The lowest BCUT2D eigenvalue weighted by molar-refractivity contribution is -0.126. The summed E-state index contributed by atoms with van der Waals surface area (Å²) in [7, 11) is 0. The van der Waals surface area contributed by atoms with Gasteiger partial charge in [-0.1, -0.05) is 68.1 Å². The second kappa shape index (κ2) is 12.6. The van der Waals surface area contributed by atoms with Gasteiger partial charge < -0.3 is 15.8 Å². The molecule has 0 saturated heterocycles. The van der Waals surface area contributed by atoms with Crippen LogP contribution >= 0.6 is 0 Å². The standard InChI is InChI=1S/C24H29N7O2.CH4/c1-24(2,26)23(32)27-21(17-33-16-19-11-7-4-8-12-19)22-28-30-31(29-22)15-20(14-25)13-18-9-5-3-6-10-18;/h3-12,20-21H,13,15-17,26H2,1-2H3,(H,27,32);1H4/t20?,21-;/m1./s1. The molecule has 1 heterocycles. The molecule has 0 aliphatic rings. The number of ether oxygens (including phenoxy) is 1. The Morgan fingerprint density at radius 2 is 1.76 bits per heavy atom. The molecule has 0 aliphatic carbocycles. The van der Waals surface area contributed by atoms with Crippen molar-refractivity contribution in [3.63, 3.8) is 0 Å². The molecule has 0 saturated carbocycles. The zero-order valence-corrected chi connectivity index (χ0v) is 18.9. The molecular formula is C25H33N7O2. The molecule has 9 nitrogen and oxygen atoms in total. The molecule has 1 amide bonds. The first-order valence-corrected chi connectivity index (χ1v) is 10.8. The van der Waals surface area contributed by atoms with E-state index in [1.54, 1.807) is 13.8 Å². The summed E-state index contributed by atoms with van der Waals surface area (Å²) in [5.41, 5.74) is 6.94. The van der Waals surface area contributed by atoms with Gasteiger partial charge in [-0.25, -0.2) is 0 Å². The number of nitrogens with two attached hydrogens (primary N) is 1. The van der Waals surface area contributed by atoms with E-state index < -0.39 is 11.6 Å². The quantitative estimate of drug-likeness (QED) is 0.447. The van der Waals surface area contributed by atoms with Crippen LogP contribution in [0.4, 0.5) is 0 Å². The summed E-state index contributed by atoms with van der Waals surface area (Å²) in [6, 6.07) is 21.2. The van der Waals surface area contributed by atoms with Crippen LogP contribution in [0.25, 0.3) is 0 Å². The lowest BCUT2D eigenvalue weighted by Crippen LogP contribution is -2.50. The highest BCUT2D eigenvalue weighted by Gasteiger charge is 2.28. The molecule has 3 rings (SSSR count). The zero-order valence-electron chi connectivity index (χ0n) is 18.9. The van der Waals surface area contributed by atoms with Crippen LogP contribution in [0.1, 0.15) is 44.3 Å². The molecule has 2 aromatic carbocycles. The third-order valence-electron chi connectivity index (χ3n) is 4.96. The molecule has 3 aromatic rings. The summed E-state index contributed by atoms with van der Waals surface area (Å²) in [6.45, 7) is 4.05. The number of tetrazole rings is 1. The number of benzene rings is 2. The Labute approximate surface area is 200 Å². The number of amides is 1. The molecular weight excluding hydrogens is 430 g/mol. The number of carbonyl (C=O) groups is 1. The van der Waals surface area contributed by atoms with Gasteiger partial charge in [0.1, 0.15) is 6.04 Å². The Morgan fingerprint density at radius 3 is 2.35 bits per heavy atom. The van der Waals surface area contributed by atoms with Gasteiger partial charge in [0.2, 0.25) is 5.91 Å². The maximum Gasteiger partial charge on any atom is 0.240 e. The summed E-state index contributed by atoms with van der Waals surface area (Å²) in [4.78, 5) is 13.9. The molecule has 3 N–H and O–H groups in total. The average Bonchev–Trinajstić information content (AvgIpc) is 3.27. The summed E-state index contributed by atoms with van der Waals surface area (Å²) in [5, 5.41) is 25.0. The van der Waals surface area contributed by atoms with Crippen molar-refractivity contribution in [1.29, 1.82) is 5.26 Å². The molecule has 0 fully saturated rings. The topological polar surface area (TPSA) is 132 Å². The van der Waals surface area contributed by atoms with Gasteiger partial charge in [-0.15, -0.1) is 10.2 Å². The van der Waals surface area contributed by atoms with Crippen molar-refractivity contribution in [2.75, 3.05) is 6.61 Å². The van der Waals surface area contributed by atoms with Crippen LogP contribution in [-0.4, -0.2) is 38.3 Å². The van der Waals surface area contributed by atoms with E-state index in [0.29, 0.717) is 18.9 Å². The van der Waals surface area contributed by atoms with Crippen molar-refractivity contribution < 1.29 is 9.53 Å². The smallest absolute Gasteiger partial charge is 0.240 e. The average molecular weight is 464 g/mol. The van der Waals surface area contributed by atoms with Crippen molar-refractivity contribution in [2.24, 2.45) is 11.7 Å². The lowest BCUT2D eigenvalue weighted by atomic mass is 10.0. The molecule has 0 bridgehead atoms. The monoisotopic (exact) mass is 463 g/mol. The second-order valence-corrected chi connectivity index (χ2v) is 8.47. The van der Waals surface area contributed by atoms with E-state index in [4.69, 9.17) is 10.5 Å². The van der Waals surface area contributed by atoms with Crippen LogP contribution in [0, 0.1) is 17.2 Å². The van der Waals surface area contributed by atoms with Crippen LogP contribution in [0.2, 0.25) is 0 Å². The molecule has 1 unspecified atom stereocenters. The van der Waals surface area contributed by atoms with Crippen LogP contribution in [0.15, 0.2) is 60.7 Å². The Morgan fingerprint density at radius 1 is 1.15 bits per heavy atom. The Hall–Kier alpha value is -3.61. The SMILES string of the molecule is C.CC(C)(N)C(=O)N[C@H](COCc1ccccc1)c1nnn(CC(C#N)Cc2ccccc2)n1. The molecule has 0 radical (unpaired) electrons. The van der Waals surface area contributed by atoms with Crippen LogP contribution in [0.5, 0.6) is 0 Å². The van der Waals surface area contributed by atoms with Gasteiger partial charge >= 0.3 is 0 Å². The maximum absolute atomic E-state index is 12.5. The van der Waals surface area contributed by atoms with Gasteiger partial charge in [0.15, 0.2) is 5.82 Å². The molecule has 1 aromatic heterocycles. The highest BCUT2D eigenvalue weighted by molar-refractivity contribution is 5.85. The fourth-order valence-corrected chi connectivity index (χ4v) is 3.11. The van der Waals surface area contributed by atoms with Gasteiger partial charge in [-0.2, -0.15) is 10.1 Å². The van der Waals surface area contributed by atoms with Gasteiger partial charge in [0, 0.05) is 0 Å². The first-order valence-electron chi connectivity index (χ1n) is 10.8. The van der Waals surface area contributed by atoms with Gasteiger partial charge in [0.25, 0.3) is 0 Å². The molecule has 180 valence electrons. The van der Waals surface area contributed by atoms with Gasteiger partial charge in [-0.3, -0.25) is 4.79 Å². The van der Waals surface area contributed by atoms with E-state index in [9.17, 15) is 10.1 Å². The number of nitriles is 1. The van der Waals surface area contributed by atoms with Gasteiger partial charge in [-0.05, 0) is 36.6 Å². The Bertz CT molecular complexity index is 1060. The lowest BCUT2D eigenvalue weighted by Gasteiger charge is -2.22. The number of hydrogen-bond acceptors (Lipinski definition) is 7. The number of nitrogens with one attached hydrogen (secondary N) is 1. The summed E-state index contributed by atoms with van der Waals surface area (Å²) < 4.78 is 5.82. The molecule has 9 heteroatoms. The summed E-state index contributed by atoms with van der Waals surface area (Å²) in [5.74, 6) is -0.372. The first-order chi connectivity index (χ1) is 15.8. The van der Waals surface area contributed by atoms with E-state index in [0.717, 1.165) is 11.1 Å². The minimum absolute atomic E-state index is 0. The number of nitrogens with zero attached hydrogens (tertiary/aromatic N) is 5. The van der Waals surface area contributed by atoms with Crippen molar-refractivity contribution >= 4 is 5.91 Å². The molecule has 2 atom stereocenters. The Kier molecular flexibility index (Phi) is 9.86. The highest BCUT2D eigenvalue weighted by atomic mass is 16.5. The van der Waals surface area contributed by atoms with Crippen molar-refractivity contribution in [3.8, 4) is 6.07 Å². The zero-order chi connectivity index (χ0) is 23.7. The highest BCUT2D eigenvalue weighted by Crippen LogP contribution is 2.13. The first kappa shape index (κ1) is 26.6. The largest absolute Gasteiger partial charge is 0.374 e. The van der Waals surface area contributed by atoms with Crippen molar-refractivity contribution in [1.82, 2.24) is 25.5 Å². The van der Waals surface area contributed by atoms with E-state index in [-0.39, 0.29) is 32.4 Å². The fourth-order valence-electron chi connectivity index (χ4n) is 3.11. The van der Waals surface area contributed by atoms with Gasteiger partial charge in [0.05, 0.1) is 37.3 Å². The van der Waals surface area contributed by atoms with Crippen LogP contribution in [0.3, 0.4) is 0 Å². The molecule has 34 heavy (non-hydrogen) atoms. The van der Waals surface area contributed by atoms with E-state index >= 15 is 0 Å². The second-order valence-electron chi connectivity index (χ2n) is 8.47. The number of aromatic nitrogens is 4. The maximum atomic E-state index is 12.5. The normalized spacial score (nSPS) is 12.8. The fraction of sp³-hybridized carbons (Fsp3) is 0.400.